The van der Waals surface area contributed by atoms with E-state index >= 15 is 0 Å². The van der Waals surface area contributed by atoms with Gasteiger partial charge in [0.15, 0.2) is 0 Å². The minimum Gasteiger partial charge on any atom is -0.336 e. The van der Waals surface area contributed by atoms with Crippen molar-refractivity contribution in [2.45, 2.75) is 6.04 Å². The second kappa shape index (κ2) is 4.82. The lowest BCUT2D eigenvalue weighted by molar-refractivity contribution is 0.621. The molecular weight excluding hydrogens is 236 g/mol. The molecule has 0 saturated heterocycles. The average molecular weight is 252 g/mol. The van der Waals surface area contributed by atoms with Crippen LogP contribution in [0.4, 0.5) is 0 Å². The summed E-state index contributed by atoms with van der Waals surface area (Å²) in [7, 11) is 3.96. The van der Waals surface area contributed by atoms with Crippen LogP contribution in [0.1, 0.15) is 17.4 Å². The van der Waals surface area contributed by atoms with Crippen molar-refractivity contribution in [2.75, 3.05) is 7.05 Å². The number of pyridine rings is 1. The van der Waals surface area contributed by atoms with Gasteiger partial charge in [-0.15, -0.1) is 0 Å². The highest BCUT2D eigenvalue weighted by molar-refractivity contribution is 5.85. The maximum atomic E-state index is 4.45. The van der Waals surface area contributed by atoms with E-state index in [0.717, 1.165) is 11.2 Å². The van der Waals surface area contributed by atoms with E-state index in [0.29, 0.717) is 0 Å². The van der Waals surface area contributed by atoms with Crippen molar-refractivity contribution in [3.63, 3.8) is 0 Å². The maximum Gasteiger partial charge on any atom is 0.130 e. The molecule has 0 fully saturated rings. The smallest absolute Gasteiger partial charge is 0.130 e. The molecule has 2 aromatic heterocycles. The number of rotatable bonds is 3. The molecule has 19 heavy (non-hydrogen) atoms. The van der Waals surface area contributed by atoms with Crippen molar-refractivity contribution in [1.82, 2.24) is 19.9 Å². The Kier molecular flexibility index (Phi) is 3.01. The summed E-state index contributed by atoms with van der Waals surface area (Å²) in [5.41, 5.74) is 1.20. The van der Waals surface area contributed by atoms with Gasteiger partial charge in [0.2, 0.25) is 0 Å². The van der Waals surface area contributed by atoms with E-state index in [1.54, 1.807) is 0 Å². The summed E-state index contributed by atoms with van der Waals surface area (Å²) in [4.78, 5) is 8.69. The molecule has 0 bridgehead atoms. The minimum absolute atomic E-state index is 0.0629. The molecule has 3 aromatic rings. The molecular formula is C15H16N4. The Morgan fingerprint density at radius 1 is 1.21 bits per heavy atom. The van der Waals surface area contributed by atoms with Gasteiger partial charge < -0.3 is 9.88 Å². The number of hydrogen-bond donors (Lipinski definition) is 1. The van der Waals surface area contributed by atoms with Gasteiger partial charge in [-0.25, -0.2) is 4.98 Å². The number of aromatic nitrogens is 3. The molecule has 1 atom stereocenters. The zero-order valence-corrected chi connectivity index (χ0v) is 11.0. The lowest BCUT2D eigenvalue weighted by Gasteiger charge is -2.18. The number of imidazole rings is 1. The van der Waals surface area contributed by atoms with Crippen molar-refractivity contribution in [2.24, 2.45) is 7.05 Å². The van der Waals surface area contributed by atoms with Crippen LogP contribution in [0.2, 0.25) is 0 Å². The predicted molar refractivity (Wildman–Crippen MR) is 75.9 cm³/mol. The van der Waals surface area contributed by atoms with E-state index in [-0.39, 0.29) is 6.04 Å². The summed E-state index contributed by atoms with van der Waals surface area (Å²) in [5.74, 6) is 0.999. The molecule has 96 valence electrons. The molecule has 1 aromatic carbocycles. The second-order valence-electron chi connectivity index (χ2n) is 4.56. The third-order valence-electron chi connectivity index (χ3n) is 3.43. The largest absolute Gasteiger partial charge is 0.336 e. The van der Waals surface area contributed by atoms with Crippen LogP contribution in [0.25, 0.3) is 10.8 Å². The number of aryl methyl sites for hydroxylation is 1. The molecule has 4 heteroatoms. The number of benzene rings is 1. The van der Waals surface area contributed by atoms with Crippen LogP contribution in [-0.4, -0.2) is 21.6 Å². The van der Waals surface area contributed by atoms with Gasteiger partial charge in [0.25, 0.3) is 0 Å². The third-order valence-corrected chi connectivity index (χ3v) is 3.43. The van der Waals surface area contributed by atoms with Gasteiger partial charge in [-0.1, -0.05) is 18.2 Å². The molecule has 1 unspecified atom stereocenters. The van der Waals surface area contributed by atoms with Gasteiger partial charge in [0.05, 0.1) is 6.04 Å². The van der Waals surface area contributed by atoms with E-state index in [1.807, 2.05) is 49.5 Å². The number of nitrogens with one attached hydrogen (secondary N) is 1. The zero-order valence-electron chi connectivity index (χ0n) is 11.0. The lowest BCUT2D eigenvalue weighted by atomic mass is 10.00. The molecule has 2 heterocycles. The van der Waals surface area contributed by atoms with Crippen LogP contribution in [0, 0.1) is 0 Å². The molecule has 0 saturated carbocycles. The molecule has 0 aliphatic rings. The van der Waals surface area contributed by atoms with Gasteiger partial charge in [-0.2, -0.15) is 0 Å². The summed E-state index contributed by atoms with van der Waals surface area (Å²) in [5, 5.41) is 5.70. The normalized spacial score (nSPS) is 12.7. The molecule has 0 amide bonds. The second-order valence-corrected chi connectivity index (χ2v) is 4.56. The highest BCUT2D eigenvalue weighted by Gasteiger charge is 2.18. The monoisotopic (exact) mass is 252 g/mol. The van der Waals surface area contributed by atoms with Gasteiger partial charge in [-0.3, -0.25) is 4.98 Å². The molecule has 1 N–H and O–H groups in total. The van der Waals surface area contributed by atoms with Crippen LogP contribution < -0.4 is 5.32 Å². The first-order valence-corrected chi connectivity index (χ1v) is 6.28. The quantitative estimate of drug-likeness (QED) is 0.777. The van der Waals surface area contributed by atoms with E-state index in [2.05, 4.69) is 33.5 Å². The summed E-state index contributed by atoms with van der Waals surface area (Å²) in [6, 6.07) is 8.40. The predicted octanol–water partition coefficient (Wildman–Crippen LogP) is 2.28. The van der Waals surface area contributed by atoms with Crippen LogP contribution in [0.3, 0.4) is 0 Å². The van der Waals surface area contributed by atoms with Crippen LogP contribution in [0.15, 0.2) is 49.1 Å². The van der Waals surface area contributed by atoms with Gasteiger partial charge >= 0.3 is 0 Å². The Labute approximate surface area is 112 Å². The Morgan fingerprint density at radius 2 is 2.11 bits per heavy atom. The number of nitrogens with zero attached hydrogens (tertiary/aromatic N) is 3. The molecule has 0 aliphatic carbocycles. The molecule has 4 nitrogen and oxygen atoms in total. The number of hydrogen-bond acceptors (Lipinski definition) is 3. The van der Waals surface area contributed by atoms with E-state index in [9.17, 15) is 0 Å². The fourth-order valence-electron chi connectivity index (χ4n) is 2.47. The Balaban J connectivity index is 2.20. The van der Waals surface area contributed by atoms with Gasteiger partial charge in [-0.05, 0) is 24.1 Å². The minimum atomic E-state index is 0.0629. The Morgan fingerprint density at radius 3 is 2.84 bits per heavy atom. The summed E-state index contributed by atoms with van der Waals surface area (Å²) >= 11 is 0. The zero-order chi connectivity index (χ0) is 13.2. The van der Waals surface area contributed by atoms with Crippen molar-refractivity contribution in [3.8, 4) is 0 Å². The standard InChI is InChI=1S/C15H16N4/c1-16-14(15-18-8-9-19(15)2)12-5-3-4-11-6-7-17-10-13(11)12/h3-10,14,16H,1-2H3. The van der Waals surface area contributed by atoms with Crippen LogP contribution in [-0.2, 0) is 7.05 Å². The summed E-state index contributed by atoms with van der Waals surface area (Å²) in [6.07, 6.45) is 7.52. The summed E-state index contributed by atoms with van der Waals surface area (Å²) < 4.78 is 2.04. The van der Waals surface area contributed by atoms with Crippen molar-refractivity contribution in [1.29, 1.82) is 0 Å². The van der Waals surface area contributed by atoms with Crippen molar-refractivity contribution < 1.29 is 0 Å². The fourth-order valence-corrected chi connectivity index (χ4v) is 2.47. The highest BCUT2D eigenvalue weighted by Crippen LogP contribution is 2.27. The van der Waals surface area contributed by atoms with E-state index in [4.69, 9.17) is 0 Å². The Bertz CT molecular complexity index is 697. The van der Waals surface area contributed by atoms with Crippen LogP contribution in [0.5, 0.6) is 0 Å². The molecule has 0 spiro atoms. The fraction of sp³-hybridized carbons (Fsp3) is 0.200. The SMILES string of the molecule is CNC(c1cccc2ccncc12)c1nccn1C. The molecule has 0 radical (unpaired) electrons. The first-order valence-electron chi connectivity index (χ1n) is 6.28. The third kappa shape index (κ3) is 2.00. The maximum absolute atomic E-state index is 4.45. The van der Waals surface area contributed by atoms with Crippen molar-refractivity contribution >= 4 is 10.8 Å². The topological polar surface area (TPSA) is 42.7 Å². The van der Waals surface area contributed by atoms with E-state index in [1.165, 1.54) is 10.9 Å². The lowest BCUT2D eigenvalue weighted by Crippen LogP contribution is -2.21. The first-order chi connectivity index (χ1) is 9.31. The van der Waals surface area contributed by atoms with Crippen molar-refractivity contribution in [3.05, 3.63) is 60.4 Å². The molecule has 3 rings (SSSR count). The summed E-state index contributed by atoms with van der Waals surface area (Å²) in [6.45, 7) is 0. The average Bonchev–Trinajstić information content (AvgIpc) is 2.86. The van der Waals surface area contributed by atoms with Crippen LogP contribution >= 0.6 is 0 Å². The Hall–Kier alpha value is -2.20. The number of fused-ring (bicyclic) bond motifs is 1. The van der Waals surface area contributed by atoms with E-state index < -0.39 is 0 Å². The molecule has 0 aliphatic heterocycles. The van der Waals surface area contributed by atoms with Gasteiger partial charge in [0.1, 0.15) is 5.82 Å². The van der Waals surface area contributed by atoms with Gasteiger partial charge in [0, 0.05) is 37.2 Å². The highest BCUT2D eigenvalue weighted by atomic mass is 15.1. The first kappa shape index (κ1) is 11.9.